The van der Waals surface area contributed by atoms with E-state index in [0.717, 1.165) is 12.5 Å². The van der Waals surface area contributed by atoms with E-state index in [1.54, 1.807) is 24.4 Å². The molecule has 2 aliphatic heterocycles. The maximum atomic E-state index is 12.9. The van der Waals surface area contributed by atoms with Crippen LogP contribution in [0.3, 0.4) is 0 Å². The lowest BCUT2D eigenvalue weighted by Crippen LogP contribution is -2.45. The third-order valence-electron chi connectivity index (χ3n) is 4.95. The molecule has 5 atom stereocenters. The van der Waals surface area contributed by atoms with Crippen molar-refractivity contribution in [2.24, 2.45) is 0 Å². The SMILES string of the molecule is COC[C@@]12CO[C@@H](C(n3ccc4ccccc4c3=O)O1)[C@@H]2OP(=O)(O)OC. The average molecular weight is 397 g/mol. The van der Waals surface area contributed by atoms with E-state index >= 15 is 0 Å². The number of hydrogen-bond acceptors (Lipinski definition) is 7. The van der Waals surface area contributed by atoms with Crippen LogP contribution in [-0.2, 0) is 27.8 Å². The van der Waals surface area contributed by atoms with E-state index in [1.807, 2.05) is 12.1 Å². The maximum Gasteiger partial charge on any atom is 0.472 e. The van der Waals surface area contributed by atoms with Crippen LogP contribution in [0, 0.1) is 0 Å². The van der Waals surface area contributed by atoms with E-state index in [9.17, 15) is 14.3 Å². The fraction of sp³-hybridized carbons (Fsp3) is 0.471. The largest absolute Gasteiger partial charge is 0.472 e. The van der Waals surface area contributed by atoms with Gasteiger partial charge in [-0.3, -0.25) is 18.4 Å². The Bertz CT molecular complexity index is 961. The molecule has 3 heterocycles. The first-order valence-corrected chi connectivity index (χ1v) is 9.85. The van der Waals surface area contributed by atoms with Gasteiger partial charge >= 0.3 is 7.82 Å². The summed E-state index contributed by atoms with van der Waals surface area (Å²) in [7, 11) is -1.74. The summed E-state index contributed by atoms with van der Waals surface area (Å²) in [5.74, 6) is 0. The highest BCUT2D eigenvalue weighted by molar-refractivity contribution is 7.47. The number of methoxy groups -OCH3 is 1. The Morgan fingerprint density at radius 3 is 2.85 bits per heavy atom. The number of hydrogen-bond donors (Lipinski definition) is 1. The first-order valence-electron chi connectivity index (χ1n) is 8.36. The number of aromatic nitrogens is 1. The van der Waals surface area contributed by atoms with Crippen molar-refractivity contribution in [3.63, 3.8) is 0 Å². The van der Waals surface area contributed by atoms with Crippen molar-refractivity contribution in [1.82, 2.24) is 4.57 Å². The maximum absolute atomic E-state index is 12.9. The van der Waals surface area contributed by atoms with Crippen LogP contribution in [0.2, 0.25) is 0 Å². The summed E-state index contributed by atoms with van der Waals surface area (Å²) in [6, 6.07) is 9.01. The topological polar surface area (TPSA) is 105 Å². The van der Waals surface area contributed by atoms with Crippen molar-refractivity contribution in [3.8, 4) is 0 Å². The van der Waals surface area contributed by atoms with Crippen molar-refractivity contribution < 1.29 is 32.7 Å². The predicted molar refractivity (Wildman–Crippen MR) is 94.4 cm³/mol. The van der Waals surface area contributed by atoms with Crippen molar-refractivity contribution in [2.45, 2.75) is 24.0 Å². The van der Waals surface area contributed by atoms with Gasteiger partial charge in [-0.25, -0.2) is 4.57 Å². The van der Waals surface area contributed by atoms with Gasteiger partial charge in [-0.2, -0.15) is 0 Å². The first kappa shape index (κ1) is 18.8. The van der Waals surface area contributed by atoms with Crippen molar-refractivity contribution >= 4 is 18.6 Å². The zero-order valence-electron chi connectivity index (χ0n) is 14.8. The van der Waals surface area contributed by atoms with Gasteiger partial charge in [0.1, 0.15) is 17.8 Å². The van der Waals surface area contributed by atoms with E-state index in [2.05, 4.69) is 4.52 Å². The molecular weight excluding hydrogens is 377 g/mol. The Hall–Kier alpha value is -1.58. The average Bonchev–Trinajstić information content (AvgIpc) is 3.13. The molecule has 0 saturated carbocycles. The van der Waals surface area contributed by atoms with Gasteiger partial charge in [0, 0.05) is 25.8 Å². The van der Waals surface area contributed by atoms with Gasteiger partial charge in [-0.1, -0.05) is 18.2 Å². The Labute approximate surface area is 155 Å². The number of phosphoric ester groups is 1. The Balaban J connectivity index is 1.75. The molecule has 2 aromatic rings. The Kier molecular flexibility index (Phi) is 4.72. The Morgan fingerprint density at radius 1 is 1.33 bits per heavy atom. The molecule has 9 nitrogen and oxygen atoms in total. The Morgan fingerprint density at radius 2 is 2.11 bits per heavy atom. The van der Waals surface area contributed by atoms with Gasteiger partial charge in [0.15, 0.2) is 6.23 Å². The van der Waals surface area contributed by atoms with Crippen molar-refractivity contribution in [3.05, 3.63) is 46.9 Å². The molecule has 0 radical (unpaired) electrons. The highest BCUT2D eigenvalue weighted by Gasteiger charge is 2.64. The summed E-state index contributed by atoms with van der Waals surface area (Å²) in [5.41, 5.74) is -1.37. The minimum atomic E-state index is -4.30. The lowest BCUT2D eigenvalue weighted by Gasteiger charge is -2.31. The molecular formula is C17H20NO8P. The minimum absolute atomic E-state index is 0.0662. The molecule has 10 heteroatoms. The summed E-state index contributed by atoms with van der Waals surface area (Å²) < 4.78 is 40.3. The van der Waals surface area contributed by atoms with E-state index in [1.165, 1.54) is 11.7 Å². The normalized spacial score (nSPS) is 32.0. The van der Waals surface area contributed by atoms with Crippen LogP contribution in [-0.4, -0.2) is 54.7 Å². The molecule has 0 aliphatic carbocycles. The minimum Gasteiger partial charge on any atom is -0.381 e. The molecule has 27 heavy (non-hydrogen) atoms. The lowest BCUT2D eigenvalue weighted by atomic mass is 10.0. The number of fused-ring (bicyclic) bond motifs is 3. The third kappa shape index (κ3) is 3.05. The number of ether oxygens (including phenoxy) is 3. The molecule has 2 unspecified atom stereocenters. The molecule has 2 saturated heterocycles. The van der Waals surface area contributed by atoms with E-state index in [-0.39, 0.29) is 18.8 Å². The number of pyridine rings is 1. The lowest BCUT2D eigenvalue weighted by molar-refractivity contribution is -0.190. The number of nitrogens with zero attached hydrogens (tertiary/aromatic N) is 1. The zero-order valence-corrected chi connectivity index (χ0v) is 15.7. The van der Waals surface area contributed by atoms with Crippen LogP contribution in [0.25, 0.3) is 10.8 Å². The smallest absolute Gasteiger partial charge is 0.381 e. The second kappa shape index (κ2) is 6.79. The summed E-state index contributed by atoms with van der Waals surface area (Å²) in [6.07, 6.45) is -0.912. The van der Waals surface area contributed by atoms with Crippen LogP contribution in [0.5, 0.6) is 0 Å². The van der Waals surface area contributed by atoms with Gasteiger partial charge in [-0.15, -0.1) is 0 Å². The van der Waals surface area contributed by atoms with Crippen LogP contribution in [0.1, 0.15) is 6.23 Å². The fourth-order valence-corrected chi connectivity index (χ4v) is 4.40. The van der Waals surface area contributed by atoms with E-state index in [4.69, 9.17) is 18.7 Å². The quantitative estimate of drug-likeness (QED) is 0.731. The van der Waals surface area contributed by atoms with Gasteiger partial charge < -0.3 is 19.1 Å². The summed E-state index contributed by atoms with van der Waals surface area (Å²) >= 11 is 0. The van der Waals surface area contributed by atoms with Crippen LogP contribution in [0.15, 0.2) is 41.3 Å². The second-order valence-electron chi connectivity index (χ2n) is 6.57. The summed E-state index contributed by atoms with van der Waals surface area (Å²) in [6.45, 7) is 0.176. The second-order valence-corrected chi connectivity index (χ2v) is 8.09. The number of phosphoric acid groups is 1. The van der Waals surface area contributed by atoms with Crippen molar-refractivity contribution in [1.29, 1.82) is 0 Å². The first-order chi connectivity index (χ1) is 12.9. The van der Waals surface area contributed by atoms with E-state index in [0.29, 0.717) is 5.39 Å². The monoisotopic (exact) mass is 397 g/mol. The highest BCUT2D eigenvalue weighted by Crippen LogP contribution is 2.54. The van der Waals surface area contributed by atoms with E-state index < -0.39 is 31.9 Å². The zero-order chi connectivity index (χ0) is 19.2. The molecule has 1 N–H and O–H groups in total. The fourth-order valence-electron chi connectivity index (χ4n) is 3.71. The molecule has 146 valence electrons. The number of benzene rings is 1. The van der Waals surface area contributed by atoms with Crippen molar-refractivity contribution in [2.75, 3.05) is 27.4 Å². The van der Waals surface area contributed by atoms with Gasteiger partial charge in [0.05, 0.1) is 13.2 Å². The van der Waals surface area contributed by atoms with Crippen LogP contribution in [0.4, 0.5) is 0 Å². The molecule has 0 amide bonds. The molecule has 1 aromatic heterocycles. The van der Waals surface area contributed by atoms with Gasteiger partial charge in [0.2, 0.25) is 0 Å². The van der Waals surface area contributed by atoms with Gasteiger partial charge in [0.25, 0.3) is 5.56 Å². The summed E-state index contributed by atoms with van der Waals surface area (Å²) in [4.78, 5) is 22.7. The van der Waals surface area contributed by atoms with Crippen LogP contribution < -0.4 is 5.56 Å². The third-order valence-corrected chi connectivity index (χ3v) is 5.91. The van der Waals surface area contributed by atoms with Gasteiger partial charge in [-0.05, 0) is 17.5 Å². The predicted octanol–water partition coefficient (Wildman–Crippen LogP) is 1.45. The molecule has 2 aliphatic rings. The number of rotatable bonds is 6. The standard InChI is InChI=1S/C17H20NO8P/c1-22-9-17-10-24-13(14(17)26-27(20,21)23-2)16(25-17)18-8-7-11-5-3-4-6-12(11)15(18)19/h3-8,13-14,16H,9-10H2,1-2H3,(H,20,21)/t13-,14+,16?,17+/m1/s1. The molecule has 0 spiro atoms. The molecule has 4 rings (SSSR count). The molecule has 1 aromatic carbocycles. The summed E-state index contributed by atoms with van der Waals surface area (Å²) in [5, 5.41) is 1.34. The van der Waals surface area contributed by atoms with Crippen LogP contribution >= 0.6 is 7.82 Å². The molecule has 2 fully saturated rings. The highest BCUT2D eigenvalue weighted by atomic mass is 31.2. The molecule has 2 bridgehead atoms.